The molecule has 0 aliphatic heterocycles. The van der Waals surface area contributed by atoms with Gasteiger partial charge in [0.05, 0.1) is 6.61 Å². The summed E-state index contributed by atoms with van der Waals surface area (Å²) in [5.74, 6) is 0. The molecule has 0 bridgehead atoms. The largest absolute Gasteiger partial charge is 0.430 e. The molecule has 23 heavy (non-hydrogen) atoms. The molecule has 7 heteroatoms. The third-order valence-corrected chi connectivity index (χ3v) is 3.28. The molecule has 0 radical (unpaired) electrons. The molecule has 2 aromatic rings. The monoisotopic (exact) mass is 334 g/mol. The summed E-state index contributed by atoms with van der Waals surface area (Å²) in [5.41, 5.74) is -5.17. The van der Waals surface area contributed by atoms with Gasteiger partial charge < -0.3 is 4.74 Å². The van der Waals surface area contributed by atoms with E-state index in [9.17, 15) is 26.3 Å². The Bertz CT molecular complexity index is 605. The summed E-state index contributed by atoms with van der Waals surface area (Å²) < 4.78 is 85.0. The van der Waals surface area contributed by atoms with Crippen LogP contribution in [-0.4, -0.2) is 12.4 Å². The van der Waals surface area contributed by atoms with Crippen LogP contribution in [0, 0.1) is 0 Å². The van der Waals surface area contributed by atoms with Gasteiger partial charge in [0.2, 0.25) is 0 Å². The molecule has 1 nitrogen and oxygen atoms in total. The molecular formula is C16H12F6O. The average molecular weight is 334 g/mol. The summed E-state index contributed by atoms with van der Waals surface area (Å²) in [6, 6.07) is 12.4. The Morgan fingerprint density at radius 1 is 0.652 bits per heavy atom. The van der Waals surface area contributed by atoms with E-state index in [0.29, 0.717) is 0 Å². The minimum absolute atomic E-state index is 0.210. The highest BCUT2D eigenvalue weighted by molar-refractivity contribution is 5.27. The molecule has 0 heterocycles. The Labute approximate surface area is 128 Å². The van der Waals surface area contributed by atoms with Crippen LogP contribution < -0.4 is 0 Å². The second-order valence-electron chi connectivity index (χ2n) is 4.82. The number of hydrogen-bond acceptors (Lipinski definition) is 1. The number of rotatable bonds is 4. The predicted molar refractivity (Wildman–Crippen MR) is 71.5 cm³/mol. The third-order valence-electron chi connectivity index (χ3n) is 3.28. The van der Waals surface area contributed by atoms with Gasteiger partial charge >= 0.3 is 12.4 Å². The lowest BCUT2D eigenvalue weighted by atomic mass is 9.91. The fraction of sp³-hybridized carbons (Fsp3) is 0.250. The van der Waals surface area contributed by atoms with E-state index >= 15 is 0 Å². The lowest BCUT2D eigenvalue weighted by Gasteiger charge is -2.37. The molecular weight excluding hydrogens is 322 g/mol. The van der Waals surface area contributed by atoms with Crippen LogP contribution in [0.2, 0.25) is 0 Å². The molecule has 0 spiro atoms. The van der Waals surface area contributed by atoms with Gasteiger partial charge in [0.15, 0.2) is 0 Å². The molecule has 0 aliphatic carbocycles. The van der Waals surface area contributed by atoms with Gasteiger partial charge in [-0.15, -0.1) is 0 Å². The lowest BCUT2D eigenvalue weighted by Crippen LogP contribution is -2.55. The minimum Gasteiger partial charge on any atom is -0.349 e. The van der Waals surface area contributed by atoms with Crippen LogP contribution in [0.5, 0.6) is 0 Å². The standard InChI is InChI=1S/C16H12F6O/c17-15(18,19)14(16(20,21)22,13-9-5-2-6-10-13)23-11-12-7-3-1-4-8-12/h1-10H,11H2. The van der Waals surface area contributed by atoms with Gasteiger partial charge in [-0.2, -0.15) is 26.3 Å². The molecule has 0 saturated heterocycles. The first kappa shape index (κ1) is 17.3. The normalized spacial score (nSPS) is 13.1. The van der Waals surface area contributed by atoms with Crippen LogP contribution >= 0.6 is 0 Å². The fourth-order valence-corrected chi connectivity index (χ4v) is 2.17. The van der Waals surface area contributed by atoms with Crippen molar-refractivity contribution >= 4 is 0 Å². The van der Waals surface area contributed by atoms with Crippen molar-refractivity contribution in [1.82, 2.24) is 0 Å². The molecule has 0 atom stereocenters. The van der Waals surface area contributed by atoms with Crippen molar-refractivity contribution in [3.63, 3.8) is 0 Å². The van der Waals surface area contributed by atoms with E-state index in [1.54, 1.807) is 6.07 Å². The van der Waals surface area contributed by atoms with Crippen LogP contribution in [0.25, 0.3) is 0 Å². The van der Waals surface area contributed by atoms with Crippen molar-refractivity contribution in [2.24, 2.45) is 0 Å². The van der Waals surface area contributed by atoms with Gasteiger partial charge in [0.1, 0.15) is 0 Å². The molecule has 2 aromatic carbocycles. The maximum atomic E-state index is 13.4. The number of benzene rings is 2. The maximum absolute atomic E-state index is 13.4. The SMILES string of the molecule is FC(F)(F)C(OCc1ccccc1)(c1ccccc1)C(F)(F)F. The van der Waals surface area contributed by atoms with E-state index in [1.807, 2.05) is 0 Å². The molecule has 0 N–H and O–H groups in total. The summed E-state index contributed by atoms with van der Waals surface area (Å²) in [5, 5.41) is 0. The zero-order valence-electron chi connectivity index (χ0n) is 11.7. The first-order chi connectivity index (χ1) is 10.7. The summed E-state index contributed by atoms with van der Waals surface area (Å²) in [6.07, 6.45) is -11.3. The Kier molecular flexibility index (Phi) is 4.70. The predicted octanol–water partition coefficient (Wildman–Crippen LogP) is 5.22. The number of hydrogen-bond donors (Lipinski definition) is 0. The third kappa shape index (κ3) is 3.34. The highest BCUT2D eigenvalue weighted by Crippen LogP contribution is 2.53. The number of halogens is 6. The zero-order valence-corrected chi connectivity index (χ0v) is 11.7. The van der Waals surface area contributed by atoms with E-state index in [4.69, 9.17) is 0 Å². The van der Waals surface area contributed by atoms with Gasteiger partial charge in [-0.1, -0.05) is 60.7 Å². The van der Waals surface area contributed by atoms with Gasteiger partial charge in [-0.05, 0) is 5.56 Å². The van der Waals surface area contributed by atoms with Crippen LogP contribution in [0.4, 0.5) is 26.3 Å². The van der Waals surface area contributed by atoms with Crippen LogP contribution in [0.15, 0.2) is 60.7 Å². The summed E-state index contributed by atoms with van der Waals surface area (Å²) in [7, 11) is 0. The first-order valence-corrected chi connectivity index (χ1v) is 6.55. The van der Waals surface area contributed by atoms with Gasteiger partial charge in [0, 0.05) is 5.56 Å². The summed E-state index contributed by atoms with van der Waals surface area (Å²) in [4.78, 5) is 0. The zero-order chi connectivity index (χ0) is 17.1. The first-order valence-electron chi connectivity index (χ1n) is 6.55. The lowest BCUT2D eigenvalue weighted by molar-refractivity contribution is -0.392. The van der Waals surface area contributed by atoms with Gasteiger partial charge in [0.25, 0.3) is 5.60 Å². The van der Waals surface area contributed by atoms with E-state index in [0.717, 1.165) is 24.3 Å². The Hall–Kier alpha value is -2.02. The highest BCUT2D eigenvalue weighted by Gasteiger charge is 2.73. The van der Waals surface area contributed by atoms with Gasteiger partial charge in [-0.25, -0.2) is 0 Å². The van der Waals surface area contributed by atoms with Crippen molar-refractivity contribution in [2.45, 2.75) is 24.6 Å². The number of ether oxygens (including phenoxy) is 1. The number of alkyl halides is 6. The molecule has 0 amide bonds. The Morgan fingerprint density at radius 2 is 1.09 bits per heavy atom. The molecule has 0 fully saturated rings. The van der Waals surface area contributed by atoms with Crippen molar-refractivity contribution < 1.29 is 31.1 Å². The van der Waals surface area contributed by atoms with E-state index in [1.165, 1.54) is 30.3 Å². The molecule has 0 aliphatic rings. The maximum Gasteiger partial charge on any atom is 0.430 e. The van der Waals surface area contributed by atoms with E-state index < -0.39 is 30.1 Å². The van der Waals surface area contributed by atoms with Crippen molar-refractivity contribution in [3.8, 4) is 0 Å². The van der Waals surface area contributed by atoms with E-state index in [2.05, 4.69) is 4.74 Å². The van der Waals surface area contributed by atoms with Gasteiger partial charge in [-0.3, -0.25) is 0 Å². The summed E-state index contributed by atoms with van der Waals surface area (Å²) >= 11 is 0. The van der Waals surface area contributed by atoms with Crippen LogP contribution in [0.3, 0.4) is 0 Å². The van der Waals surface area contributed by atoms with Crippen LogP contribution in [-0.2, 0) is 16.9 Å². The average Bonchev–Trinajstić information content (AvgIpc) is 2.47. The summed E-state index contributed by atoms with van der Waals surface area (Å²) in [6.45, 7) is -0.825. The van der Waals surface area contributed by atoms with E-state index in [-0.39, 0.29) is 5.56 Å². The Balaban J connectivity index is 2.50. The molecule has 0 aromatic heterocycles. The van der Waals surface area contributed by atoms with Crippen LogP contribution in [0.1, 0.15) is 11.1 Å². The second kappa shape index (κ2) is 6.23. The minimum atomic E-state index is -5.67. The van der Waals surface area contributed by atoms with Crippen molar-refractivity contribution in [1.29, 1.82) is 0 Å². The Morgan fingerprint density at radius 3 is 1.52 bits per heavy atom. The molecule has 0 unspecified atom stereocenters. The quantitative estimate of drug-likeness (QED) is 0.696. The highest BCUT2D eigenvalue weighted by atomic mass is 19.4. The fourth-order valence-electron chi connectivity index (χ4n) is 2.17. The second-order valence-corrected chi connectivity index (χ2v) is 4.82. The topological polar surface area (TPSA) is 9.23 Å². The molecule has 2 rings (SSSR count). The molecule has 124 valence electrons. The smallest absolute Gasteiger partial charge is 0.349 e. The van der Waals surface area contributed by atoms with Crippen molar-refractivity contribution in [3.05, 3.63) is 71.8 Å². The molecule has 0 saturated carbocycles. The van der Waals surface area contributed by atoms with Crippen molar-refractivity contribution in [2.75, 3.05) is 0 Å².